The molecule has 2 N–H and O–H groups in total. The molecule has 1 aromatic rings. The maximum absolute atomic E-state index is 11.6. The smallest absolute Gasteiger partial charge is 0.313 e. The molecule has 0 atom stereocenters. The molecule has 0 unspecified atom stereocenters. The first-order valence-electron chi connectivity index (χ1n) is 4.69. The molecular formula is C9H12BrN3O3. The molecule has 0 aromatic carbocycles. The summed E-state index contributed by atoms with van der Waals surface area (Å²) in [6, 6.07) is 0. The summed E-state index contributed by atoms with van der Waals surface area (Å²) in [5.41, 5.74) is -0.955. The van der Waals surface area contributed by atoms with Crippen molar-refractivity contribution in [1.82, 2.24) is 14.9 Å². The molecule has 0 amide bonds. The third-order valence-electron chi connectivity index (χ3n) is 1.95. The van der Waals surface area contributed by atoms with E-state index in [1.165, 1.54) is 13.1 Å². The van der Waals surface area contributed by atoms with E-state index in [4.69, 9.17) is 0 Å². The van der Waals surface area contributed by atoms with Crippen molar-refractivity contribution in [3.63, 3.8) is 0 Å². The first-order valence-corrected chi connectivity index (χ1v) is 5.81. The van der Waals surface area contributed by atoms with Crippen LogP contribution in [0.3, 0.4) is 0 Å². The molecule has 0 radical (unpaired) electrons. The van der Waals surface area contributed by atoms with Gasteiger partial charge < -0.3 is 10.3 Å². The van der Waals surface area contributed by atoms with Gasteiger partial charge >= 0.3 is 5.69 Å². The maximum atomic E-state index is 11.6. The van der Waals surface area contributed by atoms with Gasteiger partial charge in [0.15, 0.2) is 0 Å². The number of hydrogen-bond donors (Lipinski definition) is 2. The van der Waals surface area contributed by atoms with Gasteiger partial charge in [-0.1, -0.05) is 15.9 Å². The van der Waals surface area contributed by atoms with Gasteiger partial charge in [0.05, 0.1) is 6.54 Å². The first-order chi connectivity index (χ1) is 7.57. The van der Waals surface area contributed by atoms with E-state index in [1.54, 1.807) is 0 Å². The molecule has 0 aliphatic carbocycles. The van der Waals surface area contributed by atoms with E-state index in [0.717, 1.165) is 0 Å². The second-order valence-electron chi connectivity index (χ2n) is 3.18. The largest absolute Gasteiger partial charge is 0.335 e. The summed E-state index contributed by atoms with van der Waals surface area (Å²) in [6.45, 7) is 2.08. The van der Waals surface area contributed by atoms with Crippen LogP contribution in [0.25, 0.3) is 0 Å². The SMILES string of the molecule is Cc1c[nH]c(=O)n(C(=O)CNCCBr)c1=O. The lowest BCUT2D eigenvalue weighted by Crippen LogP contribution is -2.44. The van der Waals surface area contributed by atoms with Crippen LogP contribution in [0.15, 0.2) is 15.8 Å². The number of hydrogen-bond acceptors (Lipinski definition) is 4. The van der Waals surface area contributed by atoms with Crippen molar-refractivity contribution < 1.29 is 4.79 Å². The second kappa shape index (κ2) is 5.76. The number of nitrogens with one attached hydrogen (secondary N) is 2. The zero-order valence-corrected chi connectivity index (χ0v) is 10.3. The number of rotatable bonds is 4. The summed E-state index contributed by atoms with van der Waals surface area (Å²) in [5.74, 6) is -0.559. The standard InChI is InChI=1S/C9H12BrN3O3/c1-6-4-12-9(16)13(8(6)15)7(14)5-11-3-2-10/h4,11H,2-3,5H2,1H3,(H,12,16). The summed E-state index contributed by atoms with van der Waals surface area (Å²) in [5, 5.41) is 3.49. The molecular weight excluding hydrogens is 278 g/mol. The Morgan fingerprint density at radius 2 is 2.25 bits per heavy atom. The molecule has 0 aliphatic heterocycles. The van der Waals surface area contributed by atoms with E-state index in [9.17, 15) is 14.4 Å². The van der Waals surface area contributed by atoms with Crippen LogP contribution in [-0.4, -0.2) is 33.9 Å². The van der Waals surface area contributed by atoms with E-state index in [1.807, 2.05) is 0 Å². The minimum Gasteiger partial charge on any atom is -0.313 e. The Labute approximate surface area is 99.8 Å². The number of aryl methyl sites for hydroxylation is 1. The molecule has 7 heteroatoms. The first kappa shape index (κ1) is 12.9. The Kier molecular flexibility index (Phi) is 4.63. The molecule has 0 saturated carbocycles. The fourth-order valence-electron chi connectivity index (χ4n) is 1.13. The zero-order chi connectivity index (χ0) is 12.1. The van der Waals surface area contributed by atoms with E-state index >= 15 is 0 Å². The van der Waals surface area contributed by atoms with Crippen molar-refractivity contribution in [2.24, 2.45) is 0 Å². The van der Waals surface area contributed by atoms with Crippen LogP contribution in [0, 0.1) is 6.92 Å². The van der Waals surface area contributed by atoms with Crippen LogP contribution in [0.2, 0.25) is 0 Å². The highest BCUT2D eigenvalue weighted by Gasteiger charge is 2.11. The molecule has 0 bridgehead atoms. The van der Waals surface area contributed by atoms with Crippen molar-refractivity contribution >= 4 is 21.8 Å². The van der Waals surface area contributed by atoms with Gasteiger partial charge in [0, 0.05) is 23.6 Å². The Balaban J connectivity index is 2.96. The zero-order valence-electron chi connectivity index (χ0n) is 8.75. The molecule has 1 rings (SSSR count). The predicted molar refractivity (Wildman–Crippen MR) is 63.3 cm³/mol. The van der Waals surface area contributed by atoms with E-state index in [2.05, 4.69) is 26.2 Å². The predicted octanol–water partition coefficient (Wildman–Crippen LogP) is -0.530. The monoisotopic (exact) mass is 289 g/mol. The molecule has 1 aromatic heterocycles. The second-order valence-corrected chi connectivity index (χ2v) is 3.97. The molecule has 1 heterocycles. The highest BCUT2D eigenvalue weighted by molar-refractivity contribution is 9.09. The number of H-pyrrole nitrogens is 1. The van der Waals surface area contributed by atoms with Crippen LogP contribution in [0.5, 0.6) is 0 Å². The molecule has 6 nitrogen and oxygen atoms in total. The Hall–Kier alpha value is -1.21. The van der Waals surface area contributed by atoms with Crippen molar-refractivity contribution in [2.45, 2.75) is 6.92 Å². The number of aromatic nitrogens is 2. The van der Waals surface area contributed by atoms with E-state index < -0.39 is 17.2 Å². The lowest BCUT2D eigenvalue weighted by atomic mass is 10.4. The summed E-state index contributed by atoms with van der Waals surface area (Å²) < 4.78 is 0.608. The van der Waals surface area contributed by atoms with E-state index in [-0.39, 0.29) is 6.54 Å². The Morgan fingerprint density at radius 1 is 1.56 bits per heavy atom. The highest BCUT2D eigenvalue weighted by atomic mass is 79.9. The lowest BCUT2D eigenvalue weighted by Gasteiger charge is -2.04. The molecule has 88 valence electrons. The van der Waals surface area contributed by atoms with Gasteiger partial charge in [-0.2, -0.15) is 4.57 Å². The normalized spacial score (nSPS) is 10.4. The third-order valence-corrected chi connectivity index (χ3v) is 2.35. The van der Waals surface area contributed by atoms with Crippen molar-refractivity contribution in [1.29, 1.82) is 0 Å². The quantitative estimate of drug-likeness (QED) is 0.577. The summed E-state index contributed by atoms with van der Waals surface area (Å²) in [4.78, 5) is 36.8. The minimum atomic E-state index is -0.707. The maximum Gasteiger partial charge on any atom is 0.335 e. The number of alkyl halides is 1. The number of carbonyl (C=O) groups is 1. The highest BCUT2D eigenvalue weighted by Crippen LogP contribution is 1.81. The van der Waals surface area contributed by atoms with Gasteiger partial charge in [0.25, 0.3) is 11.5 Å². The van der Waals surface area contributed by atoms with Gasteiger partial charge in [0.2, 0.25) is 0 Å². The molecule has 16 heavy (non-hydrogen) atoms. The average Bonchev–Trinajstić information content (AvgIpc) is 2.24. The summed E-state index contributed by atoms with van der Waals surface area (Å²) in [7, 11) is 0. The van der Waals surface area contributed by atoms with Crippen LogP contribution in [0.4, 0.5) is 0 Å². The number of carbonyl (C=O) groups excluding carboxylic acids is 1. The molecule has 0 spiro atoms. The van der Waals surface area contributed by atoms with Gasteiger partial charge in [0.1, 0.15) is 0 Å². The van der Waals surface area contributed by atoms with Crippen molar-refractivity contribution in [3.05, 3.63) is 32.6 Å². The van der Waals surface area contributed by atoms with Crippen molar-refractivity contribution in [3.8, 4) is 0 Å². The topological polar surface area (TPSA) is 84.0 Å². The average molecular weight is 290 g/mol. The fraction of sp³-hybridized carbons (Fsp3) is 0.444. The van der Waals surface area contributed by atoms with Crippen molar-refractivity contribution in [2.75, 3.05) is 18.4 Å². The molecule has 0 fully saturated rings. The third kappa shape index (κ3) is 2.89. The van der Waals surface area contributed by atoms with Crippen LogP contribution < -0.4 is 16.6 Å². The van der Waals surface area contributed by atoms with Gasteiger partial charge in [-0.3, -0.25) is 9.59 Å². The molecule has 0 aliphatic rings. The number of halogens is 1. The van der Waals surface area contributed by atoms with Gasteiger partial charge in [-0.15, -0.1) is 0 Å². The Bertz CT molecular complexity index is 492. The van der Waals surface area contributed by atoms with E-state index in [0.29, 0.717) is 22.0 Å². The summed E-state index contributed by atoms with van der Waals surface area (Å²) >= 11 is 3.19. The molecule has 0 saturated heterocycles. The van der Waals surface area contributed by atoms with Gasteiger partial charge in [-0.25, -0.2) is 4.79 Å². The van der Waals surface area contributed by atoms with Crippen LogP contribution >= 0.6 is 15.9 Å². The fourth-order valence-corrected chi connectivity index (χ4v) is 1.41. The van der Waals surface area contributed by atoms with Gasteiger partial charge in [-0.05, 0) is 6.92 Å². The van der Waals surface area contributed by atoms with Crippen LogP contribution in [-0.2, 0) is 0 Å². The number of nitrogens with zero attached hydrogens (tertiary/aromatic N) is 1. The number of aromatic amines is 1. The minimum absolute atomic E-state index is 0.0436. The Morgan fingerprint density at radius 3 is 2.88 bits per heavy atom. The lowest BCUT2D eigenvalue weighted by molar-refractivity contribution is 0.0903. The van der Waals surface area contributed by atoms with Crippen LogP contribution in [0.1, 0.15) is 10.4 Å². The summed E-state index contributed by atoms with van der Waals surface area (Å²) in [6.07, 6.45) is 1.29.